The Kier molecular flexibility index (Phi) is 3.85. The molecule has 0 aromatic carbocycles. The summed E-state index contributed by atoms with van der Waals surface area (Å²) < 4.78 is 1.52. The second kappa shape index (κ2) is 5.94. The Morgan fingerprint density at radius 3 is 2.90 bits per heavy atom. The minimum Gasteiger partial charge on any atom is -0.355 e. The molecular weight excluding hydrogens is 270 g/mol. The van der Waals surface area contributed by atoms with E-state index in [1.807, 2.05) is 13.0 Å². The topological polar surface area (TPSA) is 91.7 Å². The van der Waals surface area contributed by atoms with Crippen molar-refractivity contribution in [3.63, 3.8) is 0 Å². The highest BCUT2D eigenvalue weighted by molar-refractivity contribution is 5.75. The van der Waals surface area contributed by atoms with Gasteiger partial charge < -0.3 is 10.2 Å². The van der Waals surface area contributed by atoms with Crippen LogP contribution >= 0.6 is 0 Å². The number of carbonyl (C=O) groups is 1. The zero-order chi connectivity index (χ0) is 14.7. The van der Waals surface area contributed by atoms with Crippen LogP contribution in [0.15, 0.2) is 18.7 Å². The lowest BCUT2D eigenvalue weighted by Crippen LogP contribution is -2.45. The van der Waals surface area contributed by atoms with Gasteiger partial charge in [0.15, 0.2) is 5.82 Å². The molecule has 8 heteroatoms. The molecule has 1 aliphatic rings. The lowest BCUT2D eigenvalue weighted by atomic mass is 10.1. The van der Waals surface area contributed by atoms with Gasteiger partial charge in [0.25, 0.3) is 0 Å². The van der Waals surface area contributed by atoms with E-state index in [2.05, 4.69) is 30.5 Å². The SMILES string of the molecule is Cc1cc(N2CCC(NC(=O)Cn3cncn3)CC2)n[nH]1. The molecule has 21 heavy (non-hydrogen) atoms. The van der Waals surface area contributed by atoms with Crippen LogP contribution in [0.2, 0.25) is 0 Å². The van der Waals surface area contributed by atoms with E-state index in [9.17, 15) is 4.79 Å². The van der Waals surface area contributed by atoms with Crippen LogP contribution in [0.25, 0.3) is 0 Å². The summed E-state index contributed by atoms with van der Waals surface area (Å²) in [4.78, 5) is 18.0. The molecule has 1 saturated heterocycles. The highest BCUT2D eigenvalue weighted by atomic mass is 16.2. The molecule has 0 saturated carbocycles. The van der Waals surface area contributed by atoms with Gasteiger partial charge in [-0.05, 0) is 19.8 Å². The molecule has 0 aliphatic carbocycles. The van der Waals surface area contributed by atoms with Crippen molar-refractivity contribution in [3.8, 4) is 0 Å². The Morgan fingerprint density at radius 1 is 1.48 bits per heavy atom. The van der Waals surface area contributed by atoms with E-state index in [1.165, 1.54) is 11.0 Å². The van der Waals surface area contributed by atoms with Crippen molar-refractivity contribution < 1.29 is 4.79 Å². The average Bonchev–Trinajstić information content (AvgIpc) is 3.11. The zero-order valence-corrected chi connectivity index (χ0v) is 12.0. The predicted molar refractivity (Wildman–Crippen MR) is 76.7 cm³/mol. The molecule has 112 valence electrons. The van der Waals surface area contributed by atoms with E-state index >= 15 is 0 Å². The smallest absolute Gasteiger partial charge is 0.242 e. The monoisotopic (exact) mass is 289 g/mol. The van der Waals surface area contributed by atoms with Crippen molar-refractivity contribution >= 4 is 11.7 Å². The standard InChI is InChI=1S/C13H19N7O/c1-10-6-12(18-17-10)19-4-2-11(3-5-19)16-13(21)7-20-9-14-8-15-20/h6,8-9,11H,2-5,7H2,1H3,(H,16,21)(H,17,18). The van der Waals surface area contributed by atoms with Gasteiger partial charge in [0.1, 0.15) is 19.2 Å². The first kappa shape index (κ1) is 13.6. The van der Waals surface area contributed by atoms with E-state index in [-0.39, 0.29) is 18.5 Å². The van der Waals surface area contributed by atoms with Crippen molar-refractivity contribution in [2.24, 2.45) is 0 Å². The Balaban J connectivity index is 1.46. The summed E-state index contributed by atoms with van der Waals surface area (Å²) in [5, 5.41) is 14.2. The number of amides is 1. The Morgan fingerprint density at radius 2 is 2.29 bits per heavy atom. The number of aryl methyl sites for hydroxylation is 1. The molecule has 1 fully saturated rings. The molecule has 0 atom stereocenters. The van der Waals surface area contributed by atoms with E-state index in [0.717, 1.165) is 37.4 Å². The summed E-state index contributed by atoms with van der Waals surface area (Å²) in [5.41, 5.74) is 1.06. The number of hydrogen-bond donors (Lipinski definition) is 2. The molecular formula is C13H19N7O. The maximum absolute atomic E-state index is 11.9. The van der Waals surface area contributed by atoms with Crippen molar-refractivity contribution in [1.29, 1.82) is 0 Å². The van der Waals surface area contributed by atoms with Crippen LogP contribution in [0.4, 0.5) is 5.82 Å². The Bertz CT molecular complexity index is 583. The van der Waals surface area contributed by atoms with Crippen LogP contribution in [0.5, 0.6) is 0 Å². The van der Waals surface area contributed by atoms with Gasteiger partial charge >= 0.3 is 0 Å². The maximum Gasteiger partial charge on any atom is 0.242 e. The van der Waals surface area contributed by atoms with Gasteiger partial charge in [-0.15, -0.1) is 0 Å². The Labute approximate surface area is 122 Å². The highest BCUT2D eigenvalue weighted by Gasteiger charge is 2.22. The fourth-order valence-electron chi connectivity index (χ4n) is 2.55. The van der Waals surface area contributed by atoms with Gasteiger partial charge in [-0.1, -0.05) is 0 Å². The molecule has 1 aliphatic heterocycles. The minimum absolute atomic E-state index is 0.0189. The molecule has 0 unspecified atom stereocenters. The van der Waals surface area contributed by atoms with Gasteiger partial charge in [-0.2, -0.15) is 10.2 Å². The number of nitrogens with one attached hydrogen (secondary N) is 2. The summed E-state index contributed by atoms with van der Waals surface area (Å²) in [6, 6.07) is 2.26. The van der Waals surface area contributed by atoms with Crippen molar-refractivity contribution in [2.45, 2.75) is 32.4 Å². The summed E-state index contributed by atoms with van der Waals surface area (Å²) in [5.74, 6) is 0.967. The Hall–Kier alpha value is -2.38. The number of piperidine rings is 1. The molecule has 3 heterocycles. The predicted octanol–water partition coefficient (Wildman–Crippen LogP) is 0.0948. The molecule has 0 bridgehead atoms. The summed E-state index contributed by atoms with van der Waals surface area (Å²) in [7, 11) is 0. The van der Waals surface area contributed by atoms with Gasteiger partial charge in [0, 0.05) is 30.9 Å². The number of H-pyrrole nitrogens is 1. The van der Waals surface area contributed by atoms with Gasteiger partial charge in [-0.25, -0.2) is 9.67 Å². The molecule has 8 nitrogen and oxygen atoms in total. The first-order valence-corrected chi connectivity index (χ1v) is 7.09. The van der Waals surface area contributed by atoms with E-state index in [4.69, 9.17) is 0 Å². The fourth-order valence-corrected chi connectivity index (χ4v) is 2.55. The van der Waals surface area contributed by atoms with Crippen LogP contribution in [0, 0.1) is 6.92 Å². The number of aromatic nitrogens is 5. The summed E-state index contributed by atoms with van der Waals surface area (Å²) >= 11 is 0. The third kappa shape index (κ3) is 3.39. The van der Waals surface area contributed by atoms with E-state index in [1.54, 1.807) is 6.33 Å². The normalized spacial score (nSPS) is 16.1. The lowest BCUT2D eigenvalue weighted by Gasteiger charge is -2.32. The van der Waals surface area contributed by atoms with Crippen LogP contribution < -0.4 is 10.2 Å². The molecule has 0 spiro atoms. The third-order valence-corrected chi connectivity index (χ3v) is 3.65. The number of hydrogen-bond acceptors (Lipinski definition) is 5. The second-order valence-electron chi connectivity index (χ2n) is 5.33. The largest absolute Gasteiger partial charge is 0.355 e. The number of rotatable bonds is 4. The third-order valence-electron chi connectivity index (χ3n) is 3.65. The van der Waals surface area contributed by atoms with Crippen molar-refractivity contribution in [2.75, 3.05) is 18.0 Å². The second-order valence-corrected chi connectivity index (χ2v) is 5.33. The van der Waals surface area contributed by atoms with Crippen molar-refractivity contribution in [1.82, 2.24) is 30.3 Å². The van der Waals surface area contributed by atoms with Gasteiger partial charge in [0.05, 0.1) is 0 Å². The zero-order valence-electron chi connectivity index (χ0n) is 12.0. The number of anilines is 1. The summed E-state index contributed by atoms with van der Waals surface area (Å²) in [6.45, 7) is 4.02. The molecule has 2 N–H and O–H groups in total. The maximum atomic E-state index is 11.9. The highest BCUT2D eigenvalue weighted by Crippen LogP contribution is 2.18. The lowest BCUT2D eigenvalue weighted by molar-refractivity contribution is -0.122. The van der Waals surface area contributed by atoms with Crippen LogP contribution in [0.3, 0.4) is 0 Å². The van der Waals surface area contributed by atoms with Crippen molar-refractivity contribution in [3.05, 3.63) is 24.4 Å². The van der Waals surface area contributed by atoms with Gasteiger partial charge in [0.2, 0.25) is 5.91 Å². The fraction of sp³-hybridized carbons (Fsp3) is 0.538. The van der Waals surface area contributed by atoms with Crippen LogP contribution in [-0.4, -0.2) is 50.0 Å². The van der Waals surface area contributed by atoms with Gasteiger partial charge in [-0.3, -0.25) is 9.89 Å². The van der Waals surface area contributed by atoms with Crippen LogP contribution in [0.1, 0.15) is 18.5 Å². The molecule has 0 radical (unpaired) electrons. The average molecular weight is 289 g/mol. The first-order valence-electron chi connectivity index (χ1n) is 7.09. The number of aromatic amines is 1. The van der Waals surface area contributed by atoms with E-state index in [0.29, 0.717) is 0 Å². The minimum atomic E-state index is -0.0189. The van der Waals surface area contributed by atoms with E-state index < -0.39 is 0 Å². The first-order chi connectivity index (χ1) is 10.2. The molecule has 1 amide bonds. The number of nitrogens with zero attached hydrogens (tertiary/aromatic N) is 5. The number of carbonyl (C=O) groups excluding carboxylic acids is 1. The summed E-state index contributed by atoms with van der Waals surface area (Å²) in [6.07, 6.45) is 4.82. The molecule has 3 rings (SSSR count). The molecule has 2 aromatic rings. The quantitative estimate of drug-likeness (QED) is 0.832. The molecule has 2 aromatic heterocycles. The van der Waals surface area contributed by atoms with Crippen LogP contribution in [-0.2, 0) is 11.3 Å².